The number of aromatic nitrogens is 2. The fourth-order valence-electron chi connectivity index (χ4n) is 2.43. The number of rotatable bonds is 8. The van der Waals surface area contributed by atoms with Crippen LogP contribution in [0.25, 0.3) is 0 Å². The summed E-state index contributed by atoms with van der Waals surface area (Å²) in [6.07, 6.45) is 0. The first-order valence-electron chi connectivity index (χ1n) is 8.44. The third kappa shape index (κ3) is 5.71. The average molecular weight is 379 g/mol. The summed E-state index contributed by atoms with van der Waals surface area (Å²) in [6, 6.07) is 8.55. The molecule has 0 bridgehead atoms. The Morgan fingerprint density at radius 3 is 2.28 bits per heavy atom. The molecule has 0 unspecified atom stereocenters. The number of nitrogens with zero attached hydrogens (tertiary/aromatic N) is 2. The Morgan fingerprint density at radius 1 is 1.12 bits per heavy atom. The van der Waals surface area contributed by atoms with Gasteiger partial charge in [-0.15, -0.1) is 10.2 Å². The van der Waals surface area contributed by atoms with Crippen molar-refractivity contribution in [3.8, 4) is 0 Å². The molecular weight excluding hydrogens is 352 g/mol. The maximum Gasteiger partial charge on any atom is 0.230 e. The maximum absolute atomic E-state index is 12.4. The fourth-order valence-corrected chi connectivity index (χ4v) is 3.95. The summed E-state index contributed by atoms with van der Waals surface area (Å²) in [7, 11) is 1.81. The first kappa shape index (κ1) is 19.7. The van der Waals surface area contributed by atoms with Crippen molar-refractivity contribution in [3.63, 3.8) is 0 Å². The van der Waals surface area contributed by atoms with Crippen LogP contribution in [0, 0.1) is 5.92 Å². The molecule has 1 aromatic heterocycles. The number of hydrogen-bond donors (Lipinski definition) is 2. The quantitative estimate of drug-likeness (QED) is 0.670. The van der Waals surface area contributed by atoms with Crippen molar-refractivity contribution in [2.45, 2.75) is 44.0 Å². The Bertz CT molecular complexity index is 683. The second-order valence-electron chi connectivity index (χ2n) is 6.52. The van der Waals surface area contributed by atoms with E-state index >= 15 is 0 Å². The molecule has 2 rings (SSSR count). The Kier molecular flexibility index (Phi) is 7.25. The van der Waals surface area contributed by atoms with Crippen LogP contribution in [0.2, 0.25) is 0 Å². The zero-order chi connectivity index (χ0) is 18.4. The van der Waals surface area contributed by atoms with Gasteiger partial charge in [0.15, 0.2) is 4.34 Å². The smallest absolute Gasteiger partial charge is 0.230 e. The molecule has 0 fully saturated rings. The molecule has 1 aromatic carbocycles. The van der Waals surface area contributed by atoms with Gasteiger partial charge in [0.05, 0.1) is 11.8 Å². The van der Waals surface area contributed by atoms with Gasteiger partial charge in [0.2, 0.25) is 11.0 Å². The van der Waals surface area contributed by atoms with Gasteiger partial charge in [0.25, 0.3) is 0 Å². The number of thioether (sulfide) groups is 1. The maximum atomic E-state index is 12.4. The van der Waals surface area contributed by atoms with E-state index in [-0.39, 0.29) is 11.9 Å². The standard InChI is InChI=1S/C18H26N4OS2/c1-11(2)13-6-8-14(9-7-13)16(12(3)4)20-15(23)10-24-18-22-21-17(19-5)25-18/h6-9,11-12,16H,10H2,1-5H3,(H,19,21)(H,20,23)/t16-/m0/s1. The number of carbonyl (C=O) groups is 1. The molecule has 0 aliphatic heterocycles. The predicted molar refractivity (Wildman–Crippen MR) is 106 cm³/mol. The number of amides is 1. The molecule has 0 aliphatic carbocycles. The lowest BCUT2D eigenvalue weighted by atomic mass is 9.93. The highest BCUT2D eigenvalue weighted by molar-refractivity contribution is 8.01. The third-order valence-electron chi connectivity index (χ3n) is 3.89. The largest absolute Gasteiger partial charge is 0.363 e. The number of carbonyl (C=O) groups excluding carboxylic acids is 1. The van der Waals surface area contributed by atoms with Crippen LogP contribution in [0.15, 0.2) is 28.6 Å². The van der Waals surface area contributed by atoms with E-state index in [9.17, 15) is 4.79 Å². The summed E-state index contributed by atoms with van der Waals surface area (Å²) < 4.78 is 0.793. The monoisotopic (exact) mass is 378 g/mol. The molecule has 1 heterocycles. The highest BCUT2D eigenvalue weighted by Gasteiger charge is 2.19. The topological polar surface area (TPSA) is 66.9 Å². The Hall–Kier alpha value is -1.60. The van der Waals surface area contributed by atoms with E-state index in [1.54, 1.807) is 7.05 Å². The summed E-state index contributed by atoms with van der Waals surface area (Å²) in [5.41, 5.74) is 2.45. The second kappa shape index (κ2) is 9.20. The second-order valence-corrected chi connectivity index (χ2v) is 8.72. The number of anilines is 1. The van der Waals surface area contributed by atoms with Gasteiger partial charge in [-0.05, 0) is 23.0 Å². The summed E-state index contributed by atoms with van der Waals surface area (Å²) in [6.45, 7) is 8.61. The van der Waals surface area contributed by atoms with Crippen molar-refractivity contribution in [3.05, 3.63) is 35.4 Å². The summed E-state index contributed by atoms with van der Waals surface area (Å²) in [5.74, 6) is 1.17. The number of hydrogen-bond acceptors (Lipinski definition) is 6. The molecule has 0 radical (unpaired) electrons. The lowest BCUT2D eigenvalue weighted by Gasteiger charge is -2.23. The molecule has 5 nitrogen and oxygen atoms in total. The van der Waals surface area contributed by atoms with E-state index < -0.39 is 0 Å². The fraction of sp³-hybridized carbons (Fsp3) is 0.500. The minimum Gasteiger partial charge on any atom is -0.363 e. The van der Waals surface area contributed by atoms with Crippen LogP contribution in [0.4, 0.5) is 5.13 Å². The van der Waals surface area contributed by atoms with Crippen molar-refractivity contribution in [1.82, 2.24) is 15.5 Å². The van der Waals surface area contributed by atoms with Crippen molar-refractivity contribution in [2.24, 2.45) is 5.92 Å². The van der Waals surface area contributed by atoms with Crippen molar-refractivity contribution in [2.75, 3.05) is 18.1 Å². The molecule has 0 saturated carbocycles. The molecule has 1 amide bonds. The summed E-state index contributed by atoms with van der Waals surface area (Å²) >= 11 is 2.86. The van der Waals surface area contributed by atoms with Crippen LogP contribution < -0.4 is 10.6 Å². The average Bonchev–Trinajstić information content (AvgIpc) is 3.06. The normalized spacial score (nSPS) is 12.4. The highest BCUT2D eigenvalue weighted by atomic mass is 32.2. The molecule has 25 heavy (non-hydrogen) atoms. The van der Waals surface area contributed by atoms with E-state index in [1.807, 2.05) is 0 Å². The predicted octanol–water partition coefficient (Wildman–Crippen LogP) is 4.31. The van der Waals surface area contributed by atoms with Crippen molar-refractivity contribution < 1.29 is 4.79 Å². The number of benzene rings is 1. The minimum absolute atomic E-state index is 0.0107. The molecule has 0 spiro atoms. The van der Waals surface area contributed by atoms with Crippen LogP contribution in [0.5, 0.6) is 0 Å². The van der Waals surface area contributed by atoms with E-state index in [4.69, 9.17) is 0 Å². The minimum atomic E-state index is 0.0107. The van der Waals surface area contributed by atoms with Crippen molar-refractivity contribution >= 4 is 34.1 Å². The van der Waals surface area contributed by atoms with E-state index in [0.717, 1.165) is 15.0 Å². The SMILES string of the molecule is CNc1nnc(SCC(=O)N[C@H](c2ccc(C(C)C)cc2)C(C)C)s1. The van der Waals surface area contributed by atoms with Gasteiger partial charge in [0.1, 0.15) is 0 Å². The van der Waals surface area contributed by atoms with Gasteiger partial charge in [-0.25, -0.2) is 0 Å². The molecular formula is C18H26N4OS2. The number of nitrogens with one attached hydrogen (secondary N) is 2. The lowest BCUT2D eigenvalue weighted by Crippen LogP contribution is -2.33. The zero-order valence-electron chi connectivity index (χ0n) is 15.4. The molecule has 2 N–H and O–H groups in total. The van der Waals surface area contributed by atoms with Crippen LogP contribution in [-0.2, 0) is 4.79 Å². The van der Waals surface area contributed by atoms with Gasteiger partial charge in [0, 0.05) is 7.05 Å². The molecule has 0 saturated heterocycles. The van der Waals surface area contributed by atoms with Gasteiger partial charge >= 0.3 is 0 Å². The summed E-state index contributed by atoms with van der Waals surface area (Å²) in [4.78, 5) is 12.4. The van der Waals surface area contributed by atoms with Gasteiger partial charge < -0.3 is 10.6 Å². The van der Waals surface area contributed by atoms with E-state index in [0.29, 0.717) is 17.6 Å². The van der Waals surface area contributed by atoms with Crippen LogP contribution in [0.3, 0.4) is 0 Å². The van der Waals surface area contributed by atoms with Crippen molar-refractivity contribution in [1.29, 1.82) is 0 Å². The third-order valence-corrected chi connectivity index (χ3v) is 5.97. The summed E-state index contributed by atoms with van der Waals surface area (Å²) in [5, 5.41) is 14.9. The van der Waals surface area contributed by atoms with Crippen LogP contribution in [-0.4, -0.2) is 28.9 Å². The Balaban J connectivity index is 1.96. The zero-order valence-corrected chi connectivity index (χ0v) is 17.0. The van der Waals surface area contributed by atoms with E-state index in [2.05, 4.69) is 72.8 Å². The Labute approximate surface area is 158 Å². The Morgan fingerprint density at radius 2 is 1.76 bits per heavy atom. The first-order chi connectivity index (χ1) is 11.9. The molecule has 1 atom stereocenters. The van der Waals surface area contributed by atoms with Crippen LogP contribution >= 0.6 is 23.1 Å². The molecule has 7 heteroatoms. The van der Waals surface area contributed by atoms with Crippen LogP contribution in [0.1, 0.15) is 50.8 Å². The van der Waals surface area contributed by atoms with Gasteiger partial charge in [-0.2, -0.15) is 0 Å². The molecule has 2 aromatic rings. The first-order valence-corrected chi connectivity index (χ1v) is 10.2. The lowest BCUT2D eigenvalue weighted by molar-refractivity contribution is -0.119. The van der Waals surface area contributed by atoms with Gasteiger partial charge in [-0.3, -0.25) is 4.79 Å². The highest BCUT2D eigenvalue weighted by Crippen LogP contribution is 2.27. The van der Waals surface area contributed by atoms with E-state index in [1.165, 1.54) is 28.7 Å². The molecule has 136 valence electrons. The van der Waals surface area contributed by atoms with Gasteiger partial charge in [-0.1, -0.05) is 75.1 Å². The molecule has 0 aliphatic rings.